The first kappa shape index (κ1) is 11.7. The number of thioether (sulfide) groups is 1. The van der Waals surface area contributed by atoms with E-state index in [9.17, 15) is 9.59 Å². The van der Waals surface area contributed by atoms with Crippen LogP contribution in [0.15, 0.2) is 10.2 Å². The molecule has 1 aliphatic rings. The summed E-state index contributed by atoms with van der Waals surface area (Å²) in [6.45, 7) is 3.56. The molecule has 0 bridgehead atoms. The van der Waals surface area contributed by atoms with Crippen LogP contribution in [-0.4, -0.2) is 33.1 Å². The Morgan fingerprint density at radius 1 is 1.60 bits per heavy atom. The summed E-state index contributed by atoms with van der Waals surface area (Å²) in [7, 11) is 0. The summed E-state index contributed by atoms with van der Waals surface area (Å²) in [6.07, 6.45) is -0.204. The van der Waals surface area contributed by atoms with Crippen molar-refractivity contribution in [3.8, 4) is 0 Å². The minimum atomic E-state index is -1.00. The average molecular weight is 229 g/mol. The van der Waals surface area contributed by atoms with Crippen molar-refractivity contribution in [1.82, 2.24) is 5.32 Å². The second kappa shape index (κ2) is 4.92. The van der Waals surface area contributed by atoms with Crippen molar-refractivity contribution in [2.24, 2.45) is 10.2 Å². The molecule has 0 radical (unpaired) electrons. The quantitative estimate of drug-likeness (QED) is 0.542. The Kier molecular flexibility index (Phi) is 3.84. The van der Waals surface area contributed by atoms with Crippen LogP contribution in [-0.2, 0) is 9.59 Å². The van der Waals surface area contributed by atoms with E-state index >= 15 is 0 Å². The third-order valence-electron chi connectivity index (χ3n) is 1.48. The van der Waals surface area contributed by atoms with Crippen molar-refractivity contribution in [2.45, 2.75) is 25.5 Å². The molecule has 6 nitrogen and oxygen atoms in total. The molecular weight excluding hydrogens is 218 g/mol. The molecule has 15 heavy (non-hydrogen) atoms. The Balaban J connectivity index is 2.63. The van der Waals surface area contributed by atoms with E-state index in [1.807, 2.05) is 0 Å². The highest BCUT2D eigenvalue weighted by molar-refractivity contribution is 8.15. The number of amidine groups is 1. The fraction of sp³-hybridized carbons (Fsp3) is 0.500. The SMILES string of the molecule is CC(C)=N/N=C1/NC(=O)[C@@H](CC(=O)O)S1. The first-order chi connectivity index (χ1) is 6.99. The number of hydrogen-bond donors (Lipinski definition) is 2. The average Bonchev–Trinajstić information content (AvgIpc) is 2.43. The standard InChI is InChI=1S/C8H11N3O3S/c1-4(2)10-11-8-9-7(14)5(15-8)3-6(12)13/h5H,3H2,1-2H3,(H,12,13)(H,9,11,14)/t5-/m1/s1. The normalized spacial score (nSPS) is 22.7. The molecule has 1 atom stereocenters. The molecule has 0 saturated carbocycles. The molecule has 2 N–H and O–H groups in total. The Hall–Kier alpha value is -1.37. The van der Waals surface area contributed by atoms with Crippen LogP contribution in [0.4, 0.5) is 0 Å². The molecule has 0 aromatic rings. The van der Waals surface area contributed by atoms with Crippen LogP contribution in [0.2, 0.25) is 0 Å². The summed E-state index contributed by atoms with van der Waals surface area (Å²) >= 11 is 1.09. The number of carboxylic acids is 1. The Morgan fingerprint density at radius 2 is 2.27 bits per heavy atom. The van der Waals surface area contributed by atoms with Crippen LogP contribution in [0.3, 0.4) is 0 Å². The lowest BCUT2D eigenvalue weighted by molar-refractivity contribution is -0.138. The summed E-state index contributed by atoms with van der Waals surface area (Å²) in [4.78, 5) is 21.7. The molecule has 1 amide bonds. The van der Waals surface area contributed by atoms with Gasteiger partial charge in [-0.25, -0.2) is 0 Å². The predicted octanol–water partition coefficient (Wildman–Crippen LogP) is 0.444. The van der Waals surface area contributed by atoms with Gasteiger partial charge in [0.15, 0.2) is 5.17 Å². The largest absolute Gasteiger partial charge is 0.481 e. The lowest BCUT2D eigenvalue weighted by Crippen LogP contribution is -2.26. The molecule has 82 valence electrons. The number of carboxylic acid groups (broad SMARTS) is 1. The first-order valence-corrected chi connectivity index (χ1v) is 5.15. The van der Waals surface area contributed by atoms with Crippen LogP contribution in [0.5, 0.6) is 0 Å². The van der Waals surface area contributed by atoms with Crippen LogP contribution >= 0.6 is 11.8 Å². The smallest absolute Gasteiger partial charge is 0.305 e. The number of nitrogens with zero attached hydrogens (tertiary/aromatic N) is 2. The zero-order valence-electron chi connectivity index (χ0n) is 8.35. The molecule has 1 fully saturated rings. The number of hydrogen-bond acceptors (Lipinski definition) is 5. The lowest BCUT2D eigenvalue weighted by atomic mass is 10.3. The highest BCUT2D eigenvalue weighted by atomic mass is 32.2. The molecule has 1 heterocycles. The van der Waals surface area contributed by atoms with E-state index in [0.717, 1.165) is 17.5 Å². The zero-order chi connectivity index (χ0) is 11.4. The van der Waals surface area contributed by atoms with Crippen LogP contribution in [0.1, 0.15) is 20.3 Å². The number of aliphatic carboxylic acids is 1. The zero-order valence-corrected chi connectivity index (χ0v) is 9.17. The minimum Gasteiger partial charge on any atom is -0.481 e. The summed E-state index contributed by atoms with van der Waals surface area (Å²) < 4.78 is 0. The van der Waals surface area contributed by atoms with Gasteiger partial charge in [0.1, 0.15) is 5.25 Å². The van der Waals surface area contributed by atoms with E-state index in [-0.39, 0.29) is 12.3 Å². The van der Waals surface area contributed by atoms with E-state index < -0.39 is 11.2 Å². The van der Waals surface area contributed by atoms with Gasteiger partial charge in [-0.3, -0.25) is 9.59 Å². The number of carbonyl (C=O) groups excluding carboxylic acids is 1. The van der Waals surface area contributed by atoms with Crippen molar-refractivity contribution in [3.05, 3.63) is 0 Å². The van der Waals surface area contributed by atoms with E-state index in [0.29, 0.717) is 5.17 Å². The van der Waals surface area contributed by atoms with E-state index in [1.165, 1.54) is 0 Å². The second-order valence-electron chi connectivity index (χ2n) is 3.15. The summed E-state index contributed by atoms with van der Waals surface area (Å²) in [5.74, 6) is -1.33. The molecule has 1 aliphatic heterocycles. The first-order valence-electron chi connectivity index (χ1n) is 4.27. The van der Waals surface area contributed by atoms with Gasteiger partial charge in [-0.2, -0.15) is 5.10 Å². The van der Waals surface area contributed by atoms with Gasteiger partial charge in [0, 0.05) is 5.71 Å². The number of amides is 1. The third kappa shape index (κ3) is 3.70. The molecule has 0 unspecified atom stereocenters. The monoisotopic (exact) mass is 229 g/mol. The van der Waals surface area contributed by atoms with Crippen LogP contribution in [0, 0.1) is 0 Å². The molecule has 0 spiro atoms. The Morgan fingerprint density at radius 3 is 2.80 bits per heavy atom. The van der Waals surface area contributed by atoms with Gasteiger partial charge in [-0.1, -0.05) is 11.8 Å². The molecule has 0 aromatic carbocycles. The maximum absolute atomic E-state index is 11.2. The van der Waals surface area contributed by atoms with Gasteiger partial charge in [0.25, 0.3) is 0 Å². The van der Waals surface area contributed by atoms with E-state index in [4.69, 9.17) is 5.11 Å². The molecule has 7 heteroatoms. The fourth-order valence-corrected chi connectivity index (χ4v) is 1.80. The fourth-order valence-electron chi connectivity index (χ4n) is 0.891. The van der Waals surface area contributed by atoms with E-state index in [1.54, 1.807) is 13.8 Å². The topological polar surface area (TPSA) is 91.1 Å². The predicted molar refractivity (Wildman–Crippen MR) is 58.0 cm³/mol. The van der Waals surface area contributed by atoms with Crippen molar-refractivity contribution in [1.29, 1.82) is 0 Å². The van der Waals surface area contributed by atoms with Crippen molar-refractivity contribution >= 4 is 34.5 Å². The van der Waals surface area contributed by atoms with Crippen molar-refractivity contribution < 1.29 is 14.7 Å². The highest BCUT2D eigenvalue weighted by Gasteiger charge is 2.32. The molecule has 1 saturated heterocycles. The van der Waals surface area contributed by atoms with Gasteiger partial charge < -0.3 is 10.4 Å². The van der Waals surface area contributed by atoms with Gasteiger partial charge in [0.05, 0.1) is 6.42 Å². The van der Waals surface area contributed by atoms with Crippen LogP contribution < -0.4 is 5.32 Å². The molecule has 1 rings (SSSR count). The van der Waals surface area contributed by atoms with Crippen molar-refractivity contribution in [3.63, 3.8) is 0 Å². The Bertz CT molecular complexity index is 347. The third-order valence-corrected chi connectivity index (χ3v) is 2.55. The minimum absolute atomic E-state index is 0.204. The van der Waals surface area contributed by atoms with E-state index in [2.05, 4.69) is 15.5 Å². The van der Waals surface area contributed by atoms with Crippen molar-refractivity contribution in [2.75, 3.05) is 0 Å². The van der Waals surface area contributed by atoms with Gasteiger partial charge in [-0.15, -0.1) is 5.10 Å². The van der Waals surface area contributed by atoms with Crippen LogP contribution in [0.25, 0.3) is 0 Å². The van der Waals surface area contributed by atoms with Gasteiger partial charge in [-0.05, 0) is 13.8 Å². The molecule has 0 aliphatic carbocycles. The molecular formula is C8H11N3O3S. The number of carbonyl (C=O) groups is 2. The second-order valence-corrected chi connectivity index (χ2v) is 4.34. The highest BCUT2D eigenvalue weighted by Crippen LogP contribution is 2.22. The molecule has 0 aromatic heterocycles. The maximum Gasteiger partial charge on any atom is 0.305 e. The van der Waals surface area contributed by atoms with Gasteiger partial charge in [0.2, 0.25) is 5.91 Å². The summed E-state index contributed by atoms with van der Waals surface area (Å²) in [5, 5.41) is 18.3. The summed E-state index contributed by atoms with van der Waals surface area (Å²) in [5.41, 5.74) is 0.763. The number of nitrogens with one attached hydrogen (secondary N) is 1. The summed E-state index contributed by atoms with van der Waals surface area (Å²) in [6, 6.07) is 0. The Labute approximate surface area is 90.8 Å². The lowest BCUT2D eigenvalue weighted by Gasteiger charge is -1.97. The number of rotatable bonds is 3. The van der Waals surface area contributed by atoms with Gasteiger partial charge >= 0.3 is 5.97 Å². The maximum atomic E-state index is 11.2.